The highest BCUT2D eigenvalue weighted by Crippen LogP contribution is 2.05. The third-order valence-electron chi connectivity index (χ3n) is 1.98. The fourth-order valence-electron chi connectivity index (χ4n) is 1.21. The Hall–Kier alpha value is -0.380. The monoisotopic (exact) mass is 187 g/mol. The highest BCUT2D eigenvalue weighted by molar-refractivity contribution is 4.79. The maximum atomic E-state index is 9.32. The molecule has 0 unspecified atom stereocenters. The predicted octanol–water partition coefficient (Wildman–Crippen LogP) is 0.803. The minimum absolute atomic E-state index is 0.0305. The van der Waals surface area contributed by atoms with E-state index in [0.717, 1.165) is 12.8 Å². The van der Waals surface area contributed by atoms with Crippen molar-refractivity contribution in [2.75, 3.05) is 6.61 Å². The van der Waals surface area contributed by atoms with Gasteiger partial charge in [0.1, 0.15) is 0 Å². The first-order valence-electron chi connectivity index (χ1n) is 4.86. The molecule has 0 aromatic heterocycles. The van der Waals surface area contributed by atoms with Gasteiger partial charge < -0.3 is 15.9 Å². The Morgan fingerprint density at radius 2 is 2.08 bits per heavy atom. The molecule has 3 heteroatoms. The van der Waals surface area contributed by atoms with Crippen LogP contribution in [0.4, 0.5) is 0 Å². The van der Waals surface area contributed by atoms with E-state index in [4.69, 9.17) is 10.8 Å². The smallest absolute Gasteiger partial charge is 0.0576 e. The summed E-state index contributed by atoms with van der Waals surface area (Å²) < 4.78 is 0. The molecule has 13 heavy (non-hydrogen) atoms. The van der Waals surface area contributed by atoms with E-state index in [1.54, 1.807) is 0 Å². The molecule has 0 aliphatic heterocycles. The minimum Gasteiger partial charge on any atom is -0.396 e. The Morgan fingerprint density at radius 3 is 2.62 bits per heavy atom. The van der Waals surface area contributed by atoms with Crippen LogP contribution in [0.2, 0.25) is 0 Å². The molecule has 0 aromatic rings. The van der Waals surface area contributed by atoms with Crippen molar-refractivity contribution in [3.63, 3.8) is 0 Å². The van der Waals surface area contributed by atoms with Gasteiger partial charge in [0.05, 0.1) is 6.10 Å². The third kappa shape index (κ3) is 7.96. The Morgan fingerprint density at radius 1 is 1.38 bits per heavy atom. The summed E-state index contributed by atoms with van der Waals surface area (Å²) in [4.78, 5) is 0. The zero-order valence-electron chi connectivity index (χ0n) is 8.32. The fourth-order valence-corrected chi connectivity index (χ4v) is 1.21. The molecule has 4 N–H and O–H groups in total. The number of rotatable bonds is 7. The number of nitrogens with two attached hydrogens (primary N) is 1. The maximum absolute atomic E-state index is 9.32. The lowest BCUT2D eigenvalue weighted by molar-refractivity contribution is 0.117. The van der Waals surface area contributed by atoms with Gasteiger partial charge in [0.15, 0.2) is 0 Å². The van der Waals surface area contributed by atoms with Crippen LogP contribution in [-0.2, 0) is 0 Å². The highest BCUT2D eigenvalue weighted by atomic mass is 16.3. The van der Waals surface area contributed by atoms with Gasteiger partial charge >= 0.3 is 0 Å². The number of hydrogen-bond donors (Lipinski definition) is 3. The van der Waals surface area contributed by atoms with E-state index in [2.05, 4.69) is 6.08 Å². The zero-order chi connectivity index (χ0) is 10.1. The van der Waals surface area contributed by atoms with E-state index < -0.39 is 6.10 Å². The molecule has 0 heterocycles. The normalized spacial score (nSPS) is 16.3. The van der Waals surface area contributed by atoms with Crippen LogP contribution in [0, 0.1) is 0 Å². The summed E-state index contributed by atoms with van der Waals surface area (Å²) >= 11 is 0. The molecule has 2 atom stereocenters. The van der Waals surface area contributed by atoms with Crippen LogP contribution < -0.4 is 5.73 Å². The van der Waals surface area contributed by atoms with E-state index in [9.17, 15) is 5.11 Å². The number of hydrogen-bond acceptors (Lipinski definition) is 3. The van der Waals surface area contributed by atoms with Crippen LogP contribution in [-0.4, -0.2) is 29.0 Å². The molecule has 0 bridgehead atoms. The summed E-state index contributed by atoms with van der Waals surface area (Å²) in [6.45, 7) is 2.01. The molecular formula is C10H21NO2. The van der Waals surface area contributed by atoms with Crippen LogP contribution >= 0.6 is 0 Å². The van der Waals surface area contributed by atoms with Crippen molar-refractivity contribution in [1.29, 1.82) is 0 Å². The molecule has 0 fully saturated rings. The van der Waals surface area contributed by atoms with Gasteiger partial charge in [-0.3, -0.25) is 0 Å². The van der Waals surface area contributed by atoms with Gasteiger partial charge in [-0.15, -0.1) is 0 Å². The molecule has 0 saturated heterocycles. The molecule has 0 rings (SSSR count). The quantitative estimate of drug-likeness (QED) is 0.516. The van der Waals surface area contributed by atoms with Crippen LogP contribution in [0.15, 0.2) is 12.2 Å². The third-order valence-corrected chi connectivity index (χ3v) is 1.98. The second kappa shape index (κ2) is 8.23. The van der Waals surface area contributed by atoms with Crippen LogP contribution in [0.5, 0.6) is 0 Å². The summed E-state index contributed by atoms with van der Waals surface area (Å²) in [5, 5.41) is 17.9. The zero-order valence-corrected chi connectivity index (χ0v) is 8.32. The molecule has 0 radical (unpaired) electrons. The van der Waals surface area contributed by atoms with Crippen molar-refractivity contribution in [3.8, 4) is 0 Å². The standard InChI is InChI=1S/C10H21NO2/c1-2-3-4-5-9(11)8-10(13)6-7-12/h2-3,9-10,12-13H,4-8,11H2,1H3/b3-2+/t9-,10+/m1/s1. The van der Waals surface area contributed by atoms with Crippen molar-refractivity contribution in [1.82, 2.24) is 0 Å². The lowest BCUT2D eigenvalue weighted by Crippen LogP contribution is -2.26. The molecule has 0 amide bonds. The van der Waals surface area contributed by atoms with Crippen molar-refractivity contribution in [2.24, 2.45) is 5.73 Å². The van der Waals surface area contributed by atoms with Gasteiger partial charge in [0.2, 0.25) is 0 Å². The summed E-state index contributed by atoms with van der Waals surface area (Å²) in [5.41, 5.74) is 5.77. The summed E-state index contributed by atoms with van der Waals surface area (Å²) in [6, 6.07) is 0.0396. The van der Waals surface area contributed by atoms with Gasteiger partial charge in [-0.2, -0.15) is 0 Å². The van der Waals surface area contributed by atoms with E-state index in [1.807, 2.05) is 13.0 Å². The van der Waals surface area contributed by atoms with E-state index in [0.29, 0.717) is 12.8 Å². The minimum atomic E-state index is -0.453. The largest absolute Gasteiger partial charge is 0.396 e. The lowest BCUT2D eigenvalue weighted by Gasteiger charge is -2.14. The number of aliphatic hydroxyl groups is 2. The Balaban J connectivity index is 3.43. The SMILES string of the molecule is C/C=C/CC[C@@H](N)C[C@@H](O)CCO. The molecule has 0 aliphatic rings. The summed E-state index contributed by atoms with van der Waals surface area (Å²) in [7, 11) is 0. The number of allylic oxidation sites excluding steroid dienone is 2. The van der Waals surface area contributed by atoms with Crippen LogP contribution in [0.3, 0.4) is 0 Å². The predicted molar refractivity (Wildman–Crippen MR) is 54.4 cm³/mol. The average Bonchev–Trinajstić information content (AvgIpc) is 2.05. The topological polar surface area (TPSA) is 66.5 Å². The van der Waals surface area contributed by atoms with E-state index >= 15 is 0 Å². The fraction of sp³-hybridized carbons (Fsp3) is 0.800. The molecule has 0 spiro atoms. The molecule has 0 aliphatic carbocycles. The molecule has 0 aromatic carbocycles. The molecular weight excluding hydrogens is 166 g/mol. The van der Waals surface area contributed by atoms with Crippen molar-refractivity contribution in [2.45, 2.75) is 44.8 Å². The second-order valence-electron chi connectivity index (χ2n) is 3.31. The van der Waals surface area contributed by atoms with Gasteiger partial charge in [-0.1, -0.05) is 12.2 Å². The first kappa shape index (κ1) is 12.6. The van der Waals surface area contributed by atoms with Gasteiger partial charge in [0.25, 0.3) is 0 Å². The van der Waals surface area contributed by atoms with Crippen molar-refractivity contribution >= 4 is 0 Å². The second-order valence-corrected chi connectivity index (χ2v) is 3.31. The Kier molecular flexibility index (Phi) is 7.99. The summed E-state index contributed by atoms with van der Waals surface area (Å²) in [6.07, 6.45) is 6.48. The summed E-state index contributed by atoms with van der Waals surface area (Å²) in [5.74, 6) is 0. The Bertz CT molecular complexity index is 137. The Labute approximate surface area is 80.3 Å². The van der Waals surface area contributed by atoms with Gasteiger partial charge in [-0.25, -0.2) is 0 Å². The molecule has 3 nitrogen and oxygen atoms in total. The molecule has 0 saturated carbocycles. The lowest BCUT2D eigenvalue weighted by atomic mass is 10.0. The first-order valence-corrected chi connectivity index (χ1v) is 4.86. The van der Waals surface area contributed by atoms with Gasteiger partial charge in [0, 0.05) is 12.6 Å². The van der Waals surface area contributed by atoms with E-state index in [-0.39, 0.29) is 12.6 Å². The first-order chi connectivity index (χ1) is 6.20. The average molecular weight is 187 g/mol. The number of aliphatic hydroxyl groups excluding tert-OH is 2. The van der Waals surface area contributed by atoms with Crippen LogP contribution in [0.25, 0.3) is 0 Å². The van der Waals surface area contributed by atoms with Crippen LogP contribution in [0.1, 0.15) is 32.6 Å². The van der Waals surface area contributed by atoms with Crippen molar-refractivity contribution < 1.29 is 10.2 Å². The highest BCUT2D eigenvalue weighted by Gasteiger charge is 2.08. The maximum Gasteiger partial charge on any atom is 0.0576 e. The van der Waals surface area contributed by atoms with Crippen molar-refractivity contribution in [3.05, 3.63) is 12.2 Å². The van der Waals surface area contributed by atoms with E-state index in [1.165, 1.54) is 0 Å². The van der Waals surface area contributed by atoms with Gasteiger partial charge in [-0.05, 0) is 32.6 Å². The molecule has 78 valence electrons.